The highest BCUT2D eigenvalue weighted by Crippen LogP contribution is 2.20. The molecule has 0 saturated heterocycles. The zero-order chi connectivity index (χ0) is 12.5. The standard InChI is InChI=1S/C12H15N5S/c1-8-7-18-12-16-9(2)10(17(8)12)5-13-6-11-14-3-4-15-11/h3-4,7,13H,5-6H2,1-2H3,(H,14,15). The third-order valence-electron chi connectivity index (χ3n) is 2.97. The van der Waals surface area contributed by atoms with Crippen molar-refractivity contribution in [2.45, 2.75) is 26.9 Å². The van der Waals surface area contributed by atoms with Crippen LogP contribution in [0.2, 0.25) is 0 Å². The molecule has 5 nitrogen and oxygen atoms in total. The first-order chi connectivity index (χ1) is 8.75. The Morgan fingerprint density at radius 1 is 1.39 bits per heavy atom. The summed E-state index contributed by atoms with van der Waals surface area (Å²) in [4.78, 5) is 12.9. The number of nitrogens with zero attached hydrogens (tertiary/aromatic N) is 3. The number of aryl methyl sites for hydroxylation is 2. The fourth-order valence-electron chi connectivity index (χ4n) is 2.07. The average Bonchev–Trinajstić information content (AvgIpc) is 3.02. The highest BCUT2D eigenvalue weighted by atomic mass is 32.1. The van der Waals surface area contributed by atoms with Crippen molar-refractivity contribution in [3.05, 3.63) is 40.7 Å². The van der Waals surface area contributed by atoms with Crippen LogP contribution >= 0.6 is 11.3 Å². The zero-order valence-electron chi connectivity index (χ0n) is 10.4. The van der Waals surface area contributed by atoms with E-state index < -0.39 is 0 Å². The van der Waals surface area contributed by atoms with E-state index in [9.17, 15) is 0 Å². The largest absolute Gasteiger partial charge is 0.348 e. The van der Waals surface area contributed by atoms with Crippen molar-refractivity contribution in [2.75, 3.05) is 0 Å². The average molecular weight is 261 g/mol. The molecule has 0 fully saturated rings. The van der Waals surface area contributed by atoms with Crippen LogP contribution in [0.1, 0.15) is 22.9 Å². The van der Waals surface area contributed by atoms with E-state index in [4.69, 9.17) is 0 Å². The van der Waals surface area contributed by atoms with Gasteiger partial charge in [-0.1, -0.05) is 0 Å². The Bertz CT molecular complexity index is 649. The normalized spacial score (nSPS) is 11.4. The second kappa shape index (κ2) is 4.55. The predicted octanol–water partition coefficient (Wildman–Crippen LogP) is 2.03. The summed E-state index contributed by atoms with van der Waals surface area (Å²) in [6.07, 6.45) is 3.60. The molecule has 6 heteroatoms. The Morgan fingerprint density at radius 2 is 2.28 bits per heavy atom. The summed E-state index contributed by atoms with van der Waals surface area (Å²) in [6, 6.07) is 0. The maximum absolute atomic E-state index is 4.57. The van der Waals surface area contributed by atoms with Gasteiger partial charge in [0.25, 0.3) is 0 Å². The molecule has 94 valence electrons. The molecule has 0 aliphatic carbocycles. The van der Waals surface area contributed by atoms with Gasteiger partial charge in [0.1, 0.15) is 5.82 Å². The van der Waals surface area contributed by atoms with Gasteiger partial charge in [-0.2, -0.15) is 0 Å². The summed E-state index contributed by atoms with van der Waals surface area (Å²) in [6.45, 7) is 5.71. The molecule has 0 atom stereocenters. The van der Waals surface area contributed by atoms with Crippen LogP contribution in [-0.4, -0.2) is 19.4 Å². The fraction of sp³-hybridized carbons (Fsp3) is 0.333. The van der Waals surface area contributed by atoms with E-state index >= 15 is 0 Å². The van der Waals surface area contributed by atoms with Crippen molar-refractivity contribution >= 4 is 16.3 Å². The summed E-state index contributed by atoms with van der Waals surface area (Å²) in [5.41, 5.74) is 3.57. The maximum Gasteiger partial charge on any atom is 0.194 e. The molecular formula is C12H15N5S. The van der Waals surface area contributed by atoms with Gasteiger partial charge in [0.15, 0.2) is 4.96 Å². The van der Waals surface area contributed by atoms with Crippen molar-refractivity contribution in [3.63, 3.8) is 0 Å². The van der Waals surface area contributed by atoms with Crippen molar-refractivity contribution in [1.29, 1.82) is 0 Å². The van der Waals surface area contributed by atoms with Crippen LogP contribution in [0.5, 0.6) is 0 Å². The maximum atomic E-state index is 4.57. The Morgan fingerprint density at radius 3 is 3.06 bits per heavy atom. The second-order valence-corrected chi connectivity index (χ2v) is 5.11. The minimum Gasteiger partial charge on any atom is -0.348 e. The minimum atomic E-state index is 0.739. The number of nitrogens with one attached hydrogen (secondary N) is 2. The van der Waals surface area contributed by atoms with Gasteiger partial charge in [-0.3, -0.25) is 4.40 Å². The van der Waals surface area contributed by atoms with Gasteiger partial charge in [0, 0.05) is 30.0 Å². The number of aromatic nitrogens is 4. The van der Waals surface area contributed by atoms with Gasteiger partial charge in [-0.15, -0.1) is 11.3 Å². The first kappa shape index (κ1) is 11.4. The number of imidazole rings is 2. The molecule has 0 unspecified atom stereocenters. The van der Waals surface area contributed by atoms with E-state index in [1.54, 1.807) is 17.5 Å². The summed E-state index contributed by atoms with van der Waals surface area (Å²) in [7, 11) is 0. The van der Waals surface area contributed by atoms with Crippen LogP contribution in [0.3, 0.4) is 0 Å². The molecule has 0 aromatic carbocycles. The Labute approximate surface area is 109 Å². The van der Waals surface area contributed by atoms with E-state index in [1.165, 1.54) is 11.4 Å². The molecule has 3 aromatic rings. The lowest BCUT2D eigenvalue weighted by Gasteiger charge is -2.04. The van der Waals surface area contributed by atoms with Gasteiger partial charge >= 0.3 is 0 Å². The molecule has 18 heavy (non-hydrogen) atoms. The first-order valence-corrected chi connectivity index (χ1v) is 6.74. The zero-order valence-corrected chi connectivity index (χ0v) is 11.2. The number of thiazole rings is 1. The van der Waals surface area contributed by atoms with Crippen LogP contribution in [-0.2, 0) is 13.1 Å². The summed E-state index contributed by atoms with van der Waals surface area (Å²) in [5, 5.41) is 5.53. The molecule has 3 rings (SSSR count). The van der Waals surface area contributed by atoms with Crippen molar-refractivity contribution in [2.24, 2.45) is 0 Å². The number of hydrogen-bond donors (Lipinski definition) is 2. The quantitative estimate of drug-likeness (QED) is 0.755. The van der Waals surface area contributed by atoms with Crippen LogP contribution in [0, 0.1) is 13.8 Å². The number of hydrogen-bond acceptors (Lipinski definition) is 4. The molecule has 0 radical (unpaired) electrons. The molecule has 0 amide bonds. The van der Waals surface area contributed by atoms with E-state index in [0.717, 1.165) is 29.6 Å². The summed E-state index contributed by atoms with van der Waals surface area (Å²) in [5.74, 6) is 0.954. The molecule has 0 bridgehead atoms. The van der Waals surface area contributed by atoms with E-state index in [0.29, 0.717) is 0 Å². The van der Waals surface area contributed by atoms with E-state index in [-0.39, 0.29) is 0 Å². The Kier molecular flexibility index (Phi) is 2.89. The number of rotatable bonds is 4. The van der Waals surface area contributed by atoms with Crippen LogP contribution in [0.4, 0.5) is 0 Å². The lowest BCUT2D eigenvalue weighted by molar-refractivity contribution is 0.650. The highest BCUT2D eigenvalue weighted by molar-refractivity contribution is 7.15. The topological polar surface area (TPSA) is 58.0 Å². The minimum absolute atomic E-state index is 0.739. The lowest BCUT2D eigenvalue weighted by Crippen LogP contribution is -2.15. The first-order valence-electron chi connectivity index (χ1n) is 5.86. The van der Waals surface area contributed by atoms with Gasteiger partial charge in [-0.05, 0) is 13.8 Å². The van der Waals surface area contributed by atoms with Crippen LogP contribution < -0.4 is 5.32 Å². The molecule has 3 heterocycles. The van der Waals surface area contributed by atoms with Gasteiger partial charge in [-0.25, -0.2) is 9.97 Å². The smallest absolute Gasteiger partial charge is 0.194 e. The second-order valence-electron chi connectivity index (χ2n) is 4.28. The Balaban J connectivity index is 1.77. The number of H-pyrrole nitrogens is 1. The summed E-state index contributed by atoms with van der Waals surface area (Å²) >= 11 is 1.69. The molecule has 2 N–H and O–H groups in total. The van der Waals surface area contributed by atoms with Gasteiger partial charge in [0.05, 0.1) is 17.9 Å². The molecular weight excluding hydrogens is 246 g/mol. The molecule has 3 aromatic heterocycles. The molecule has 0 aliphatic rings. The van der Waals surface area contributed by atoms with Crippen molar-refractivity contribution < 1.29 is 0 Å². The van der Waals surface area contributed by atoms with Crippen molar-refractivity contribution in [1.82, 2.24) is 24.7 Å². The third-order valence-corrected chi connectivity index (χ3v) is 3.91. The molecule has 0 spiro atoms. The van der Waals surface area contributed by atoms with E-state index in [1.807, 2.05) is 6.20 Å². The molecule has 0 aliphatic heterocycles. The van der Waals surface area contributed by atoms with E-state index in [2.05, 4.69) is 43.9 Å². The fourth-order valence-corrected chi connectivity index (χ4v) is 3.00. The monoisotopic (exact) mass is 261 g/mol. The lowest BCUT2D eigenvalue weighted by atomic mass is 10.3. The number of fused-ring (bicyclic) bond motifs is 1. The molecule has 0 saturated carbocycles. The predicted molar refractivity (Wildman–Crippen MR) is 71.7 cm³/mol. The van der Waals surface area contributed by atoms with Gasteiger partial charge in [0.2, 0.25) is 0 Å². The Hall–Kier alpha value is -1.66. The highest BCUT2D eigenvalue weighted by Gasteiger charge is 2.11. The van der Waals surface area contributed by atoms with Gasteiger partial charge < -0.3 is 10.3 Å². The SMILES string of the molecule is Cc1nc2scc(C)n2c1CNCc1ncc[nH]1. The third kappa shape index (κ3) is 1.93. The van der Waals surface area contributed by atoms with Crippen LogP contribution in [0.15, 0.2) is 17.8 Å². The van der Waals surface area contributed by atoms with Crippen molar-refractivity contribution in [3.8, 4) is 0 Å². The van der Waals surface area contributed by atoms with Crippen LogP contribution in [0.25, 0.3) is 4.96 Å². The summed E-state index contributed by atoms with van der Waals surface area (Å²) < 4.78 is 2.22. The number of aromatic amines is 1.